The maximum Gasteiger partial charge on any atom is 0.409 e. The van der Waals surface area contributed by atoms with E-state index in [1.807, 2.05) is 30.3 Å². The van der Waals surface area contributed by atoms with E-state index in [1.165, 1.54) is 5.56 Å². The van der Waals surface area contributed by atoms with Gasteiger partial charge in [0.1, 0.15) is 0 Å². The number of aryl methyl sites for hydroxylation is 1. The van der Waals surface area contributed by atoms with Gasteiger partial charge in [0.15, 0.2) is 0 Å². The monoisotopic (exact) mass is 306 g/mol. The summed E-state index contributed by atoms with van der Waals surface area (Å²) in [7, 11) is 0. The lowest BCUT2D eigenvalue weighted by atomic mass is 10.1. The summed E-state index contributed by atoms with van der Waals surface area (Å²) in [5.74, 6) is 0. The van der Waals surface area contributed by atoms with Gasteiger partial charge in [0, 0.05) is 10.9 Å². The fourth-order valence-electron chi connectivity index (χ4n) is 1.46. The third-order valence-corrected chi connectivity index (χ3v) is 3.05. The van der Waals surface area contributed by atoms with Gasteiger partial charge in [-0.25, -0.2) is 0 Å². The highest BCUT2D eigenvalue weighted by Gasteiger charge is 2.22. The lowest BCUT2D eigenvalue weighted by Crippen LogP contribution is -2.03. The van der Waals surface area contributed by atoms with Crippen molar-refractivity contribution in [3.05, 3.63) is 48.0 Å². The van der Waals surface area contributed by atoms with Gasteiger partial charge in [0.25, 0.3) is 0 Å². The summed E-state index contributed by atoms with van der Waals surface area (Å²) in [5.41, 5.74) is 1.21. The lowest BCUT2D eigenvalue weighted by molar-refractivity contribution is -0.0800. The smallest absolute Gasteiger partial charge is 0.167 e. The minimum Gasteiger partial charge on any atom is -0.167 e. The molecule has 0 radical (unpaired) electrons. The van der Waals surface area contributed by atoms with Crippen LogP contribution in [0.25, 0.3) is 0 Å². The van der Waals surface area contributed by atoms with Crippen molar-refractivity contribution in [2.24, 2.45) is 0 Å². The van der Waals surface area contributed by atoms with E-state index in [9.17, 15) is 13.2 Å². The van der Waals surface area contributed by atoms with Crippen LogP contribution in [-0.4, -0.2) is 11.0 Å². The predicted molar refractivity (Wildman–Crippen MR) is 67.3 cm³/mol. The summed E-state index contributed by atoms with van der Waals surface area (Å²) in [6, 6.07) is 9.92. The Hall–Kier alpha value is -0.770. The van der Waals surface area contributed by atoms with E-state index in [0.29, 0.717) is 6.42 Å². The highest BCUT2D eigenvalue weighted by atomic mass is 79.9. The molecule has 1 rings (SSSR count). The van der Waals surface area contributed by atoms with Crippen LogP contribution < -0.4 is 0 Å². The van der Waals surface area contributed by atoms with E-state index in [2.05, 4.69) is 15.9 Å². The molecule has 4 heteroatoms. The average Bonchev–Trinajstić information content (AvgIpc) is 2.27. The molecule has 0 aliphatic carbocycles. The summed E-state index contributed by atoms with van der Waals surface area (Å²) >= 11 is 3.22. The summed E-state index contributed by atoms with van der Waals surface area (Å²) in [6.45, 7) is 0. The highest BCUT2D eigenvalue weighted by molar-refractivity contribution is 9.09. The molecular weight excluding hydrogens is 293 g/mol. The van der Waals surface area contributed by atoms with Crippen LogP contribution in [0.4, 0.5) is 13.2 Å². The molecule has 1 aromatic carbocycles. The molecule has 17 heavy (non-hydrogen) atoms. The predicted octanol–water partition coefficient (Wildman–Crippen LogP) is 4.89. The second-order valence-corrected chi connectivity index (χ2v) is 4.97. The largest absolute Gasteiger partial charge is 0.409 e. The van der Waals surface area contributed by atoms with Gasteiger partial charge in [-0.2, -0.15) is 13.2 Å². The molecule has 0 nitrogen and oxygen atoms in total. The van der Waals surface area contributed by atoms with E-state index >= 15 is 0 Å². The first-order valence-corrected chi connectivity index (χ1v) is 6.33. The quantitative estimate of drug-likeness (QED) is 0.536. The van der Waals surface area contributed by atoms with Gasteiger partial charge in [-0.1, -0.05) is 52.3 Å². The second kappa shape index (κ2) is 6.84. The van der Waals surface area contributed by atoms with Crippen LogP contribution in [0.2, 0.25) is 0 Å². The molecule has 0 spiro atoms. The molecular formula is C13H14BrF3. The van der Waals surface area contributed by atoms with Crippen LogP contribution in [0.3, 0.4) is 0 Å². The first-order valence-electron chi connectivity index (χ1n) is 5.41. The van der Waals surface area contributed by atoms with Gasteiger partial charge in [0.2, 0.25) is 0 Å². The zero-order valence-corrected chi connectivity index (χ0v) is 10.8. The molecule has 0 amide bonds. The molecule has 0 heterocycles. The average molecular weight is 307 g/mol. The maximum atomic E-state index is 11.9. The van der Waals surface area contributed by atoms with Gasteiger partial charge in [-0.15, -0.1) is 0 Å². The molecule has 0 aliphatic heterocycles. The number of alkyl halides is 4. The molecule has 94 valence electrons. The molecule has 0 bridgehead atoms. The van der Waals surface area contributed by atoms with Crippen LogP contribution in [0.15, 0.2) is 42.5 Å². The van der Waals surface area contributed by atoms with Crippen molar-refractivity contribution in [3.63, 3.8) is 0 Å². The van der Waals surface area contributed by atoms with Crippen molar-refractivity contribution in [3.8, 4) is 0 Å². The van der Waals surface area contributed by atoms with Gasteiger partial charge in [-0.05, 0) is 24.8 Å². The molecule has 0 N–H and O–H groups in total. The van der Waals surface area contributed by atoms with E-state index < -0.39 is 6.18 Å². The van der Waals surface area contributed by atoms with Gasteiger partial charge in [0.05, 0.1) is 0 Å². The number of hydrogen-bond acceptors (Lipinski definition) is 0. The summed E-state index contributed by atoms with van der Waals surface area (Å²) in [6.07, 6.45) is -0.322. The standard InChI is InChI=1S/C13H14BrF3/c14-12(9-10-13(15,16)17)8-4-7-11-5-2-1-3-6-11/h1-3,5-6,9-10,12H,4,7-8H2. The molecule has 0 saturated heterocycles. The minimum absolute atomic E-state index is 0.215. The number of rotatable bonds is 5. The molecule has 0 fully saturated rings. The maximum absolute atomic E-state index is 11.9. The summed E-state index contributed by atoms with van der Waals surface area (Å²) < 4.78 is 35.7. The van der Waals surface area contributed by atoms with Gasteiger partial charge < -0.3 is 0 Å². The fraction of sp³-hybridized carbons (Fsp3) is 0.385. The van der Waals surface area contributed by atoms with E-state index in [1.54, 1.807) is 0 Å². The molecule has 0 aliphatic rings. The highest BCUT2D eigenvalue weighted by Crippen LogP contribution is 2.19. The summed E-state index contributed by atoms with van der Waals surface area (Å²) in [4.78, 5) is -0.215. The molecule has 1 unspecified atom stereocenters. The van der Waals surface area contributed by atoms with Crippen molar-refractivity contribution in [1.29, 1.82) is 0 Å². The molecule has 1 aromatic rings. The Morgan fingerprint density at radius 3 is 2.41 bits per heavy atom. The molecule has 0 saturated carbocycles. The number of hydrogen-bond donors (Lipinski definition) is 0. The lowest BCUT2D eigenvalue weighted by Gasteiger charge is -2.05. The minimum atomic E-state index is -4.22. The Bertz CT molecular complexity index is 343. The zero-order chi connectivity index (χ0) is 12.7. The number of halogens is 4. The Labute approximate surface area is 108 Å². The topological polar surface area (TPSA) is 0 Å². The van der Waals surface area contributed by atoms with Crippen LogP contribution in [0.5, 0.6) is 0 Å². The zero-order valence-electron chi connectivity index (χ0n) is 9.25. The van der Waals surface area contributed by atoms with Crippen LogP contribution in [0, 0.1) is 0 Å². The molecule has 0 aromatic heterocycles. The Morgan fingerprint density at radius 1 is 1.18 bits per heavy atom. The Morgan fingerprint density at radius 2 is 1.82 bits per heavy atom. The fourth-order valence-corrected chi connectivity index (χ4v) is 1.93. The van der Waals surface area contributed by atoms with Gasteiger partial charge in [-0.3, -0.25) is 0 Å². The third kappa shape index (κ3) is 7.21. The van der Waals surface area contributed by atoms with E-state index in [0.717, 1.165) is 18.9 Å². The SMILES string of the molecule is FC(F)(F)C=CC(Br)CCCc1ccccc1. The van der Waals surface area contributed by atoms with Crippen molar-refractivity contribution in [2.45, 2.75) is 30.3 Å². The van der Waals surface area contributed by atoms with Crippen LogP contribution >= 0.6 is 15.9 Å². The van der Waals surface area contributed by atoms with E-state index in [4.69, 9.17) is 0 Å². The van der Waals surface area contributed by atoms with Crippen molar-refractivity contribution in [2.75, 3.05) is 0 Å². The van der Waals surface area contributed by atoms with Gasteiger partial charge >= 0.3 is 6.18 Å². The van der Waals surface area contributed by atoms with Crippen LogP contribution in [0.1, 0.15) is 18.4 Å². The third-order valence-electron chi connectivity index (χ3n) is 2.28. The Balaban J connectivity index is 2.25. The van der Waals surface area contributed by atoms with E-state index in [-0.39, 0.29) is 10.9 Å². The first kappa shape index (κ1) is 14.3. The second-order valence-electron chi connectivity index (χ2n) is 3.79. The summed E-state index contributed by atoms with van der Waals surface area (Å²) in [5, 5.41) is 0. The molecule has 1 atom stereocenters. The number of allylic oxidation sites excluding steroid dienone is 2. The first-order chi connectivity index (χ1) is 7.97. The Kier molecular flexibility index (Phi) is 5.75. The van der Waals surface area contributed by atoms with Crippen molar-refractivity contribution >= 4 is 15.9 Å². The van der Waals surface area contributed by atoms with Crippen molar-refractivity contribution in [1.82, 2.24) is 0 Å². The normalized spacial score (nSPS) is 14.1. The van der Waals surface area contributed by atoms with Crippen LogP contribution in [-0.2, 0) is 6.42 Å². The number of benzene rings is 1. The van der Waals surface area contributed by atoms with Crippen molar-refractivity contribution < 1.29 is 13.2 Å².